The van der Waals surface area contributed by atoms with Crippen molar-refractivity contribution in [2.75, 3.05) is 34.1 Å². The van der Waals surface area contributed by atoms with E-state index in [4.69, 9.17) is 23.7 Å². The van der Waals surface area contributed by atoms with Crippen LogP contribution in [0.15, 0.2) is 30.3 Å². The zero-order chi connectivity index (χ0) is 20.0. The maximum atomic E-state index is 6.55. The molecular formula is C23H27NO5. The molecular weight excluding hydrogens is 370 g/mol. The number of fused-ring (bicyclic) bond motifs is 2. The van der Waals surface area contributed by atoms with Crippen LogP contribution in [0.4, 0.5) is 0 Å². The number of likely N-dealkylation sites (tertiary alicyclic amines) is 1. The Labute approximate surface area is 171 Å². The minimum absolute atomic E-state index is 0.0159. The molecule has 5 rings (SSSR count). The summed E-state index contributed by atoms with van der Waals surface area (Å²) in [5, 5.41) is 0. The molecule has 0 bridgehead atoms. The summed E-state index contributed by atoms with van der Waals surface area (Å²) in [6.45, 7) is 4.66. The monoisotopic (exact) mass is 397 g/mol. The molecule has 6 nitrogen and oxygen atoms in total. The van der Waals surface area contributed by atoms with E-state index in [1.807, 2.05) is 18.2 Å². The van der Waals surface area contributed by atoms with Crippen molar-refractivity contribution >= 4 is 0 Å². The van der Waals surface area contributed by atoms with Crippen LogP contribution in [-0.2, 0) is 0 Å². The quantitative estimate of drug-likeness (QED) is 0.777. The Morgan fingerprint density at radius 1 is 0.897 bits per heavy atom. The predicted molar refractivity (Wildman–Crippen MR) is 108 cm³/mol. The van der Waals surface area contributed by atoms with Gasteiger partial charge in [0.25, 0.3) is 0 Å². The van der Waals surface area contributed by atoms with Gasteiger partial charge in [-0.3, -0.25) is 4.90 Å². The Morgan fingerprint density at radius 2 is 1.66 bits per heavy atom. The molecule has 3 aliphatic heterocycles. The molecule has 1 fully saturated rings. The van der Waals surface area contributed by atoms with Crippen LogP contribution in [-0.4, -0.2) is 45.2 Å². The Bertz CT molecular complexity index is 908. The van der Waals surface area contributed by atoms with Crippen LogP contribution in [0.5, 0.6) is 28.7 Å². The van der Waals surface area contributed by atoms with Crippen molar-refractivity contribution < 1.29 is 23.7 Å². The fourth-order valence-electron chi connectivity index (χ4n) is 4.90. The smallest absolute Gasteiger partial charge is 0.231 e. The van der Waals surface area contributed by atoms with Crippen molar-refractivity contribution in [1.29, 1.82) is 0 Å². The molecule has 0 N–H and O–H groups in total. The topological polar surface area (TPSA) is 49.4 Å². The van der Waals surface area contributed by atoms with E-state index in [-0.39, 0.29) is 24.9 Å². The minimum atomic E-state index is 0.0159. The van der Waals surface area contributed by atoms with Gasteiger partial charge in [0, 0.05) is 48.2 Å². The van der Waals surface area contributed by atoms with Crippen LogP contribution in [0.3, 0.4) is 0 Å². The standard InChI is InChI=1S/C23H27NO5/c1-14-22(16-7-6-15(25-2)10-18(16)26-3)17-11-20-21(28-13-27-20)12-19(17)29-23(14)24-8-4-5-9-24/h6-7,10-12,14,22-23H,4-5,8-9,13H2,1-3H3/t14-,22+,23-/m0/s1. The summed E-state index contributed by atoms with van der Waals surface area (Å²) >= 11 is 0. The van der Waals surface area contributed by atoms with E-state index in [9.17, 15) is 0 Å². The number of hydrogen-bond donors (Lipinski definition) is 0. The highest BCUT2D eigenvalue weighted by atomic mass is 16.7. The molecule has 0 radical (unpaired) electrons. The highest BCUT2D eigenvalue weighted by molar-refractivity contribution is 5.58. The molecule has 0 aromatic heterocycles. The molecule has 3 heterocycles. The first kappa shape index (κ1) is 18.4. The largest absolute Gasteiger partial charge is 0.497 e. The van der Waals surface area contributed by atoms with E-state index in [0.717, 1.165) is 53.0 Å². The first-order valence-electron chi connectivity index (χ1n) is 10.3. The second-order valence-electron chi connectivity index (χ2n) is 7.94. The third-order valence-corrected chi connectivity index (χ3v) is 6.34. The lowest BCUT2D eigenvalue weighted by molar-refractivity contribution is -0.0180. The summed E-state index contributed by atoms with van der Waals surface area (Å²) in [4.78, 5) is 2.46. The van der Waals surface area contributed by atoms with Gasteiger partial charge in [0.1, 0.15) is 17.2 Å². The van der Waals surface area contributed by atoms with Gasteiger partial charge >= 0.3 is 0 Å². The summed E-state index contributed by atoms with van der Waals surface area (Å²) in [7, 11) is 3.38. The summed E-state index contributed by atoms with van der Waals surface area (Å²) < 4.78 is 29.0. The molecule has 2 aromatic rings. The Hall–Kier alpha value is -2.60. The maximum absolute atomic E-state index is 6.55. The van der Waals surface area contributed by atoms with Crippen LogP contribution in [0.2, 0.25) is 0 Å². The zero-order valence-corrected chi connectivity index (χ0v) is 17.1. The van der Waals surface area contributed by atoms with Gasteiger partial charge in [0.2, 0.25) is 6.79 Å². The zero-order valence-electron chi connectivity index (χ0n) is 17.1. The van der Waals surface area contributed by atoms with Crippen LogP contribution >= 0.6 is 0 Å². The van der Waals surface area contributed by atoms with Crippen molar-refractivity contribution in [3.63, 3.8) is 0 Å². The second-order valence-corrected chi connectivity index (χ2v) is 7.94. The van der Waals surface area contributed by atoms with Crippen LogP contribution in [0, 0.1) is 5.92 Å². The van der Waals surface area contributed by atoms with Crippen molar-refractivity contribution in [2.24, 2.45) is 5.92 Å². The third kappa shape index (κ3) is 3.06. The van der Waals surface area contributed by atoms with Gasteiger partial charge in [-0.25, -0.2) is 0 Å². The van der Waals surface area contributed by atoms with Crippen molar-refractivity contribution in [3.8, 4) is 28.7 Å². The van der Waals surface area contributed by atoms with Gasteiger partial charge in [0.15, 0.2) is 17.7 Å². The molecule has 154 valence electrons. The molecule has 29 heavy (non-hydrogen) atoms. The van der Waals surface area contributed by atoms with E-state index < -0.39 is 0 Å². The van der Waals surface area contributed by atoms with Gasteiger partial charge in [-0.15, -0.1) is 0 Å². The van der Waals surface area contributed by atoms with Gasteiger partial charge in [-0.05, 0) is 25.0 Å². The molecule has 2 aromatic carbocycles. The lowest BCUT2D eigenvalue weighted by Crippen LogP contribution is -2.47. The Balaban J connectivity index is 1.64. The summed E-state index contributed by atoms with van der Waals surface area (Å²) in [5.41, 5.74) is 2.24. The predicted octanol–water partition coefficient (Wildman–Crippen LogP) is 4.01. The van der Waals surface area contributed by atoms with E-state index in [2.05, 4.69) is 24.0 Å². The number of nitrogens with zero attached hydrogens (tertiary/aromatic N) is 1. The molecule has 0 saturated carbocycles. The SMILES string of the molecule is COc1ccc([C@@H]2c3cc4c(cc3O[C@H](N3CCCC3)[C@H]2C)OCO4)c(OC)c1. The summed E-state index contributed by atoms with van der Waals surface area (Å²) in [5.74, 6) is 4.35. The molecule has 1 saturated heterocycles. The number of rotatable bonds is 4. The van der Waals surface area contributed by atoms with Crippen molar-refractivity contribution in [3.05, 3.63) is 41.5 Å². The van der Waals surface area contributed by atoms with E-state index >= 15 is 0 Å². The van der Waals surface area contributed by atoms with E-state index in [1.54, 1.807) is 14.2 Å². The third-order valence-electron chi connectivity index (χ3n) is 6.34. The molecule has 6 heteroatoms. The van der Waals surface area contributed by atoms with Crippen molar-refractivity contribution in [1.82, 2.24) is 4.90 Å². The lowest BCUT2D eigenvalue weighted by Gasteiger charge is -2.42. The highest BCUT2D eigenvalue weighted by Crippen LogP contribution is 2.51. The molecule has 0 amide bonds. The minimum Gasteiger partial charge on any atom is -0.497 e. The van der Waals surface area contributed by atoms with Gasteiger partial charge in [-0.1, -0.05) is 13.0 Å². The first-order chi connectivity index (χ1) is 14.2. The Morgan fingerprint density at radius 3 is 2.38 bits per heavy atom. The maximum Gasteiger partial charge on any atom is 0.231 e. The normalized spacial score (nSPS) is 25.4. The van der Waals surface area contributed by atoms with Crippen molar-refractivity contribution in [2.45, 2.75) is 31.9 Å². The number of ether oxygens (including phenoxy) is 5. The average Bonchev–Trinajstić information content (AvgIpc) is 3.43. The average molecular weight is 397 g/mol. The van der Waals surface area contributed by atoms with Gasteiger partial charge in [0.05, 0.1) is 14.2 Å². The molecule has 0 spiro atoms. The van der Waals surface area contributed by atoms with E-state index in [0.29, 0.717) is 0 Å². The number of hydrogen-bond acceptors (Lipinski definition) is 6. The van der Waals surface area contributed by atoms with Crippen LogP contribution < -0.4 is 23.7 Å². The summed E-state index contributed by atoms with van der Waals surface area (Å²) in [6.07, 6.45) is 2.45. The van der Waals surface area contributed by atoms with Gasteiger partial charge < -0.3 is 23.7 Å². The fourth-order valence-corrected chi connectivity index (χ4v) is 4.90. The van der Waals surface area contributed by atoms with E-state index in [1.165, 1.54) is 12.8 Å². The first-order valence-corrected chi connectivity index (χ1v) is 10.3. The molecule has 0 aliphatic carbocycles. The van der Waals surface area contributed by atoms with Gasteiger partial charge in [-0.2, -0.15) is 0 Å². The molecule has 3 atom stereocenters. The Kier molecular flexibility index (Phi) is 4.66. The number of benzene rings is 2. The summed E-state index contributed by atoms with van der Waals surface area (Å²) in [6, 6.07) is 10.1. The number of methoxy groups -OCH3 is 2. The van der Waals surface area contributed by atoms with Crippen LogP contribution in [0.25, 0.3) is 0 Å². The highest BCUT2D eigenvalue weighted by Gasteiger charge is 2.42. The second kappa shape index (κ2) is 7.34. The molecule has 0 unspecified atom stereocenters. The fraction of sp³-hybridized carbons (Fsp3) is 0.478. The molecule has 3 aliphatic rings. The van der Waals surface area contributed by atoms with Crippen LogP contribution in [0.1, 0.15) is 36.8 Å². The lowest BCUT2D eigenvalue weighted by atomic mass is 9.77.